The monoisotopic (exact) mass is 524 g/mol. The van der Waals surface area contributed by atoms with Gasteiger partial charge in [0, 0.05) is 52.4 Å². The molecule has 4 rings (SSSR count). The van der Waals surface area contributed by atoms with Gasteiger partial charge in [-0.1, -0.05) is 31.1 Å². The van der Waals surface area contributed by atoms with Gasteiger partial charge in [-0.2, -0.15) is 0 Å². The molecular weight excluding hydrogens is 488 g/mol. The highest BCUT2D eigenvalue weighted by atomic mass is 16.4. The molecule has 3 aromatic rings. The number of amides is 1. The van der Waals surface area contributed by atoms with Crippen molar-refractivity contribution in [1.82, 2.24) is 29.5 Å². The van der Waals surface area contributed by atoms with Gasteiger partial charge in [-0.05, 0) is 48.2 Å². The van der Waals surface area contributed by atoms with Crippen LogP contribution in [0.4, 0.5) is 4.79 Å². The second-order valence-electron chi connectivity index (χ2n) is 10.1. The van der Waals surface area contributed by atoms with E-state index in [1.54, 1.807) is 13.1 Å². The lowest BCUT2D eigenvalue weighted by molar-refractivity contribution is 0.120. The van der Waals surface area contributed by atoms with E-state index in [1.165, 1.54) is 15.5 Å². The van der Waals surface area contributed by atoms with Crippen LogP contribution in [0, 0.1) is 0 Å². The minimum atomic E-state index is -0.893. The van der Waals surface area contributed by atoms with Crippen molar-refractivity contribution in [3.8, 4) is 34.6 Å². The molecule has 1 amide bonds. The lowest BCUT2D eigenvalue weighted by Gasteiger charge is -2.35. The Kier molecular flexibility index (Phi) is 8.38. The van der Waals surface area contributed by atoms with Gasteiger partial charge >= 0.3 is 12.1 Å². The van der Waals surface area contributed by atoms with Crippen molar-refractivity contribution in [2.45, 2.75) is 32.7 Å². The summed E-state index contributed by atoms with van der Waals surface area (Å²) < 4.78 is 1.47. The van der Waals surface area contributed by atoms with Gasteiger partial charge in [0.25, 0.3) is 0 Å². The van der Waals surface area contributed by atoms with E-state index in [4.69, 9.17) is 5.11 Å². The molecule has 0 aliphatic carbocycles. The Labute approximate surface area is 222 Å². The van der Waals surface area contributed by atoms with Crippen molar-refractivity contribution in [2.24, 2.45) is 0 Å². The van der Waals surface area contributed by atoms with Crippen molar-refractivity contribution >= 4 is 6.09 Å². The van der Waals surface area contributed by atoms with Crippen LogP contribution in [0.15, 0.2) is 36.4 Å². The average Bonchev–Trinajstić information content (AvgIpc) is 3.26. The van der Waals surface area contributed by atoms with Crippen molar-refractivity contribution in [1.29, 1.82) is 0 Å². The zero-order chi connectivity index (χ0) is 27.4. The molecule has 4 N–H and O–H groups in total. The van der Waals surface area contributed by atoms with Gasteiger partial charge in [0.15, 0.2) is 5.82 Å². The summed E-state index contributed by atoms with van der Waals surface area (Å²) in [6.45, 7) is 9.87. The number of carbonyl (C=O) groups is 1. The third kappa shape index (κ3) is 6.17. The van der Waals surface area contributed by atoms with Gasteiger partial charge in [-0.15, -0.1) is 5.10 Å². The van der Waals surface area contributed by atoms with Crippen molar-refractivity contribution in [2.75, 3.05) is 46.3 Å². The fourth-order valence-electron chi connectivity index (χ4n) is 4.73. The largest absolute Gasteiger partial charge is 0.508 e. The Bertz CT molecular complexity index is 1250. The summed E-state index contributed by atoms with van der Waals surface area (Å²) in [4.78, 5) is 17.0. The second-order valence-corrected chi connectivity index (χ2v) is 10.1. The minimum Gasteiger partial charge on any atom is -0.508 e. The van der Waals surface area contributed by atoms with Crippen LogP contribution in [0.25, 0.3) is 17.1 Å². The molecule has 2 aromatic carbocycles. The summed E-state index contributed by atoms with van der Waals surface area (Å²) in [5.41, 5.74) is 2.82. The summed E-state index contributed by atoms with van der Waals surface area (Å²) in [5, 5.41) is 48.0. The minimum absolute atomic E-state index is 0.00696. The zero-order valence-corrected chi connectivity index (χ0v) is 22.1. The van der Waals surface area contributed by atoms with E-state index >= 15 is 0 Å². The number of aromatic hydroxyl groups is 3. The molecular formula is C27H36N6O5. The second kappa shape index (κ2) is 11.7. The highest BCUT2D eigenvalue weighted by molar-refractivity contribution is 5.69. The first kappa shape index (κ1) is 27.2. The summed E-state index contributed by atoms with van der Waals surface area (Å²) in [7, 11) is 1.59. The predicted octanol–water partition coefficient (Wildman–Crippen LogP) is 3.29. The van der Waals surface area contributed by atoms with Crippen LogP contribution in [0.1, 0.15) is 37.3 Å². The van der Waals surface area contributed by atoms with Crippen molar-refractivity contribution in [3.05, 3.63) is 47.5 Å². The Balaban J connectivity index is 1.40. The standard InChI is InChI=1S/C27H36N6O5/c1-18(2)21-15-22(24(35)16-23(21)34)25-28-29-26(36)33(25)20-7-5-19(6-8-20)17-32-13-11-31(12-14-32)10-4-9-30(3)27(37)38/h5-8,15-16,18,34-35H,4,9-14,17H2,1-3H3,(H,29,36)(H,37,38). The predicted molar refractivity (Wildman–Crippen MR) is 143 cm³/mol. The van der Waals surface area contributed by atoms with Gasteiger partial charge < -0.3 is 30.2 Å². The number of piperazine rings is 1. The molecule has 38 heavy (non-hydrogen) atoms. The molecule has 0 unspecified atom stereocenters. The van der Waals surface area contributed by atoms with Gasteiger partial charge in [0.05, 0.1) is 11.3 Å². The molecule has 1 aliphatic rings. The van der Waals surface area contributed by atoms with Crippen LogP contribution in [-0.2, 0) is 6.54 Å². The third-order valence-electron chi connectivity index (χ3n) is 7.01. The molecule has 0 saturated carbocycles. The first-order chi connectivity index (χ1) is 18.1. The van der Waals surface area contributed by atoms with E-state index in [-0.39, 0.29) is 29.3 Å². The highest BCUT2D eigenvalue weighted by Gasteiger charge is 2.21. The maximum atomic E-state index is 10.9. The molecule has 2 heterocycles. The van der Waals surface area contributed by atoms with Crippen LogP contribution < -0.4 is 0 Å². The molecule has 204 valence electrons. The van der Waals surface area contributed by atoms with E-state index < -0.39 is 6.09 Å². The highest BCUT2D eigenvalue weighted by Crippen LogP contribution is 2.38. The molecule has 0 bridgehead atoms. The number of phenols is 2. The number of hydrogen-bond donors (Lipinski definition) is 4. The molecule has 1 saturated heterocycles. The number of nitrogens with zero attached hydrogens (tertiary/aromatic N) is 6. The summed E-state index contributed by atoms with van der Waals surface area (Å²) in [6, 6.07) is 10.4. The topological polar surface area (TPSA) is 138 Å². The molecule has 1 aliphatic heterocycles. The zero-order valence-electron chi connectivity index (χ0n) is 22.1. The normalized spacial score (nSPS) is 14.7. The SMILES string of the molecule is CC(C)c1cc(-c2nnc(O)n2-c2ccc(CN3CCN(CCCN(C)C(=O)O)CC3)cc2)c(O)cc1O. The lowest BCUT2D eigenvalue weighted by atomic mass is 9.98. The van der Waals surface area contributed by atoms with Gasteiger partial charge in [-0.3, -0.25) is 4.90 Å². The van der Waals surface area contributed by atoms with Crippen LogP contribution >= 0.6 is 0 Å². The first-order valence-electron chi connectivity index (χ1n) is 12.8. The summed E-state index contributed by atoms with van der Waals surface area (Å²) in [5.74, 6) is 0.164. The number of benzene rings is 2. The number of carboxylic acid groups (broad SMARTS) is 1. The van der Waals surface area contributed by atoms with Crippen LogP contribution in [-0.4, -0.2) is 102 Å². The molecule has 11 heteroatoms. The van der Waals surface area contributed by atoms with E-state index in [1.807, 2.05) is 38.1 Å². The molecule has 1 fully saturated rings. The Morgan fingerprint density at radius 1 is 0.974 bits per heavy atom. The number of hydrogen-bond acceptors (Lipinski definition) is 8. The van der Waals surface area contributed by atoms with E-state index in [0.29, 0.717) is 23.4 Å². The van der Waals surface area contributed by atoms with Crippen LogP contribution in [0.5, 0.6) is 17.5 Å². The lowest BCUT2D eigenvalue weighted by Crippen LogP contribution is -2.46. The molecule has 11 nitrogen and oxygen atoms in total. The third-order valence-corrected chi connectivity index (χ3v) is 7.01. The van der Waals surface area contributed by atoms with Gasteiger partial charge in [-0.25, -0.2) is 9.36 Å². The Morgan fingerprint density at radius 3 is 2.26 bits per heavy atom. The summed E-state index contributed by atoms with van der Waals surface area (Å²) >= 11 is 0. The maximum Gasteiger partial charge on any atom is 0.407 e. The fraction of sp³-hybridized carbons (Fsp3) is 0.444. The van der Waals surface area contributed by atoms with Crippen molar-refractivity contribution < 1.29 is 25.2 Å². The van der Waals surface area contributed by atoms with Crippen molar-refractivity contribution in [3.63, 3.8) is 0 Å². The van der Waals surface area contributed by atoms with Crippen LogP contribution in [0.2, 0.25) is 0 Å². The quantitative estimate of drug-likeness (QED) is 0.332. The molecule has 1 aromatic heterocycles. The van der Waals surface area contributed by atoms with Crippen LogP contribution in [0.3, 0.4) is 0 Å². The molecule has 0 atom stereocenters. The molecule has 0 spiro atoms. The average molecular weight is 525 g/mol. The summed E-state index contributed by atoms with van der Waals surface area (Å²) in [6.07, 6.45) is -0.0709. The van der Waals surface area contributed by atoms with E-state index in [9.17, 15) is 20.1 Å². The maximum absolute atomic E-state index is 10.9. The van der Waals surface area contributed by atoms with E-state index in [0.717, 1.165) is 51.3 Å². The Morgan fingerprint density at radius 2 is 1.63 bits per heavy atom. The Hall–Kier alpha value is -3.83. The first-order valence-corrected chi connectivity index (χ1v) is 12.8. The fourth-order valence-corrected chi connectivity index (χ4v) is 4.73. The van der Waals surface area contributed by atoms with Gasteiger partial charge in [0.1, 0.15) is 11.5 Å². The number of rotatable bonds is 9. The number of phenolic OH excluding ortho intramolecular Hbond substituents is 2. The number of aromatic nitrogens is 3. The van der Waals surface area contributed by atoms with Gasteiger partial charge in [0.2, 0.25) is 0 Å². The smallest absolute Gasteiger partial charge is 0.407 e. The van der Waals surface area contributed by atoms with E-state index in [2.05, 4.69) is 20.0 Å². The molecule has 0 radical (unpaired) electrons.